The maximum absolute atomic E-state index is 12.1. The van der Waals surface area contributed by atoms with Crippen molar-refractivity contribution in [3.05, 3.63) is 0 Å². The molecule has 0 radical (unpaired) electrons. The third-order valence-corrected chi connectivity index (χ3v) is 5.10. The minimum absolute atomic E-state index is 0.202. The molecule has 3 fully saturated rings. The monoisotopic (exact) mass is 279 g/mol. The van der Waals surface area contributed by atoms with Gasteiger partial charge in [-0.2, -0.15) is 5.01 Å². The van der Waals surface area contributed by atoms with Crippen molar-refractivity contribution in [2.75, 3.05) is 0 Å². The van der Waals surface area contributed by atoms with Crippen LogP contribution < -0.4 is 11.0 Å². The second-order valence-corrected chi connectivity index (χ2v) is 6.54. The molecule has 0 heterocycles. The van der Waals surface area contributed by atoms with Crippen molar-refractivity contribution < 1.29 is 9.53 Å². The number of amides is 1. The molecule has 2 bridgehead atoms. The van der Waals surface area contributed by atoms with Gasteiger partial charge >= 0.3 is 6.09 Å². The van der Waals surface area contributed by atoms with Crippen molar-refractivity contribution in [2.24, 2.45) is 17.3 Å². The van der Waals surface area contributed by atoms with Crippen LogP contribution in [-0.2, 0) is 4.74 Å². The SMILES string of the molecule is CC1CC2CC3(C1)CC3(OC(=O)N(C=N)NNC=N)C2. The number of hydrogen-bond donors (Lipinski definition) is 4. The van der Waals surface area contributed by atoms with Crippen LogP contribution in [0.1, 0.15) is 39.0 Å². The number of carbonyl (C=O) groups excluding carboxylic acids is 1. The van der Waals surface area contributed by atoms with Gasteiger partial charge in [0, 0.05) is 5.41 Å². The molecular formula is C13H21N5O2. The van der Waals surface area contributed by atoms with Crippen LogP contribution in [0, 0.1) is 28.1 Å². The van der Waals surface area contributed by atoms with Crippen molar-refractivity contribution in [3.8, 4) is 0 Å². The van der Waals surface area contributed by atoms with Crippen molar-refractivity contribution in [3.63, 3.8) is 0 Å². The Kier molecular flexibility index (Phi) is 2.97. The van der Waals surface area contributed by atoms with E-state index in [1.54, 1.807) is 0 Å². The molecule has 20 heavy (non-hydrogen) atoms. The molecule has 3 rings (SSSR count). The predicted molar refractivity (Wildman–Crippen MR) is 73.1 cm³/mol. The molecule has 3 aliphatic rings. The summed E-state index contributed by atoms with van der Waals surface area (Å²) >= 11 is 0. The molecule has 0 saturated heterocycles. The summed E-state index contributed by atoms with van der Waals surface area (Å²) in [6.07, 6.45) is 6.66. The van der Waals surface area contributed by atoms with Crippen molar-refractivity contribution >= 4 is 18.8 Å². The van der Waals surface area contributed by atoms with Gasteiger partial charge in [0.05, 0.1) is 6.34 Å². The highest BCUT2D eigenvalue weighted by atomic mass is 16.6. The molecule has 0 aromatic heterocycles. The number of hydrazine groups is 2. The van der Waals surface area contributed by atoms with Gasteiger partial charge in [0.15, 0.2) is 0 Å². The lowest BCUT2D eigenvalue weighted by molar-refractivity contribution is 0.0376. The van der Waals surface area contributed by atoms with Gasteiger partial charge in [0.2, 0.25) is 0 Å². The van der Waals surface area contributed by atoms with Crippen LogP contribution in [0.15, 0.2) is 0 Å². The largest absolute Gasteiger partial charge is 0.441 e. The topological polar surface area (TPSA) is 101 Å². The Bertz CT molecular complexity index is 456. The molecule has 0 aromatic rings. The van der Waals surface area contributed by atoms with Gasteiger partial charge in [-0.05, 0) is 43.9 Å². The summed E-state index contributed by atoms with van der Waals surface area (Å²) in [4.78, 5) is 12.1. The Morgan fingerprint density at radius 1 is 1.40 bits per heavy atom. The fraction of sp³-hybridized carbons (Fsp3) is 0.769. The Balaban J connectivity index is 1.65. The molecule has 7 heteroatoms. The first-order chi connectivity index (χ1) is 9.54. The Hall–Kier alpha value is -1.63. The van der Waals surface area contributed by atoms with E-state index in [0.29, 0.717) is 11.8 Å². The Morgan fingerprint density at radius 3 is 2.90 bits per heavy atom. The third-order valence-electron chi connectivity index (χ3n) is 5.10. The zero-order valence-electron chi connectivity index (χ0n) is 11.6. The van der Waals surface area contributed by atoms with E-state index >= 15 is 0 Å². The van der Waals surface area contributed by atoms with Crippen molar-refractivity contribution in [1.29, 1.82) is 10.8 Å². The number of nitrogens with zero attached hydrogens (tertiary/aromatic N) is 1. The predicted octanol–water partition coefficient (Wildman–Crippen LogP) is 1.62. The lowest BCUT2D eigenvalue weighted by Gasteiger charge is -2.27. The minimum atomic E-state index is -0.577. The van der Waals surface area contributed by atoms with E-state index in [9.17, 15) is 4.79 Å². The zero-order chi connectivity index (χ0) is 14.4. The number of nitrogens with one attached hydrogen (secondary N) is 4. The van der Waals surface area contributed by atoms with Gasteiger partial charge in [-0.15, -0.1) is 5.53 Å². The zero-order valence-corrected chi connectivity index (χ0v) is 11.6. The second kappa shape index (κ2) is 4.44. The molecule has 3 aliphatic carbocycles. The Morgan fingerprint density at radius 2 is 2.20 bits per heavy atom. The maximum Gasteiger partial charge on any atom is 0.431 e. The first-order valence-electron chi connectivity index (χ1n) is 7.07. The maximum atomic E-state index is 12.1. The van der Waals surface area contributed by atoms with Gasteiger partial charge in [-0.3, -0.25) is 16.2 Å². The molecule has 110 valence electrons. The molecular weight excluding hydrogens is 258 g/mol. The average molecular weight is 279 g/mol. The summed E-state index contributed by atoms with van der Waals surface area (Å²) in [5.74, 6) is 1.40. The second-order valence-electron chi connectivity index (χ2n) is 6.54. The van der Waals surface area contributed by atoms with Crippen LogP contribution in [0.4, 0.5) is 4.79 Å². The molecule has 4 unspecified atom stereocenters. The van der Waals surface area contributed by atoms with Gasteiger partial charge in [-0.25, -0.2) is 4.79 Å². The van der Waals surface area contributed by atoms with Gasteiger partial charge < -0.3 is 4.74 Å². The number of ether oxygens (including phenoxy) is 1. The highest BCUT2D eigenvalue weighted by Gasteiger charge is 2.76. The molecule has 1 spiro atoms. The van der Waals surface area contributed by atoms with Crippen LogP contribution in [0.3, 0.4) is 0 Å². The van der Waals surface area contributed by atoms with E-state index in [0.717, 1.165) is 36.9 Å². The third kappa shape index (κ3) is 1.88. The fourth-order valence-corrected chi connectivity index (χ4v) is 4.60. The molecule has 4 atom stereocenters. The fourth-order valence-electron chi connectivity index (χ4n) is 4.60. The lowest BCUT2D eigenvalue weighted by atomic mass is 9.77. The van der Waals surface area contributed by atoms with E-state index in [4.69, 9.17) is 15.6 Å². The van der Waals surface area contributed by atoms with Crippen molar-refractivity contribution in [2.45, 2.75) is 44.6 Å². The van der Waals surface area contributed by atoms with Crippen molar-refractivity contribution in [1.82, 2.24) is 16.0 Å². The van der Waals surface area contributed by atoms with Crippen LogP contribution in [0.5, 0.6) is 0 Å². The van der Waals surface area contributed by atoms with Gasteiger partial charge in [0.25, 0.3) is 0 Å². The van der Waals surface area contributed by atoms with E-state index < -0.39 is 6.09 Å². The summed E-state index contributed by atoms with van der Waals surface area (Å²) < 4.78 is 5.73. The van der Waals surface area contributed by atoms with Gasteiger partial charge in [0.1, 0.15) is 11.9 Å². The smallest absolute Gasteiger partial charge is 0.431 e. The first kappa shape index (κ1) is 13.4. The van der Waals surface area contributed by atoms with E-state index in [-0.39, 0.29) is 11.0 Å². The van der Waals surface area contributed by atoms with Crippen LogP contribution in [0.2, 0.25) is 0 Å². The number of carbonyl (C=O) groups is 1. The minimum Gasteiger partial charge on any atom is -0.441 e. The molecule has 4 N–H and O–H groups in total. The highest BCUT2D eigenvalue weighted by molar-refractivity contribution is 5.81. The van der Waals surface area contributed by atoms with Crippen LogP contribution in [0.25, 0.3) is 0 Å². The van der Waals surface area contributed by atoms with Crippen LogP contribution >= 0.6 is 0 Å². The summed E-state index contributed by atoms with van der Waals surface area (Å²) in [5.41, 5.74) is 4.67. The van der Waals surface area contributed by atoms with Crippen LogP contribution in [-0.4, -0.2) is 29.4 Å². The molecule has 0 aliphatic heterocycles. The lowest BCUT2D eigenvalue weighted by Crippen LogP contribution is -2.50. The molecule has 1 amide bonds. The number of hydrogen-bond acceptors (Lipinski definition) is 5. The quantitative estimate of drug-likeness (QED) is 0.349. The molecule has 3 saturated carbocycles. The first-order valence-corrected chi connectivity index (χ1v) is 7.07. The van der Waals surface area contributed by atoms with E-state index in [1.165, 1.54) is 12.8 Å². The summed E-state index contributed by atoms with van der Waals surface area (Å²) in [5, 5.41) is 15.0. The molecule has 7 nitrogen and oxygen atoms in total. The highest BCUT2D eigenvalue weighted by Crippen LogP contribution is 2.76. The van der Waals surface area contributed by atoms with Gasteiger partial charge in [-0.1, -0.05) is 6.92 Å². The summed E-state index contributed by atoms with van der Waals surface area (Å²) in [6.45, 7) is 2.28. The summed E-state index contributed by atoms with van der Waals surface area (Å²) in [7, 11) is 0. The number of fused-ring (bicyclic) bond motifs is 1. The normalized spacial score (nSPS) is 40.5. The average Bonchev–Trinajstić information content (AvgIpc) is 2.85. The summed E-state index contributed by atoms with van der Waals surface area (Å²) in [6, 6.07) is 0. The Labute approximate surface area is 118 Å². The van der Waals surface area contributed by atoms with E-state index in [2.05, 4.69) is 17.9 Å². The number of rotatable bonds is 5. The standard InChI is InChI=1S/C13H21N5O2/c1-9-2-10-4-12(3-9)6-13(12,5-10)20-11(19)18(8-15)17-16-7-14/h7-10,15,17H,2-6H2,1H3,(H2,14,16). The molecule has 0 aromatic carbocycles. The van der Waals surface area contributed by atoms with E-state index in [1.807, 2.05) is 0 Å².